The van der Waals surface area contributed by atoms with Gasteiger partial charge >= 0.3 is 0 Å². The lowest BCUT2D eigenvalue weighted by molar-refractivity contribution is -0.139. The van der Waals surface area contributed by atoms with Crippen LogP contribution in [0.1, 0.15) is 43.9 Å². The van der Waals surface area contributed by atoms with Crippen LogP contribution in [-0.2, 0) is 26.2 Å². The highest BCUT2D eigenvalue weighted by Crippen LogP contribution is 2.27. The molecule has 3 rings (SSSR count). The summed E-state index contributed by atoms with van der Waals surface area (Å²) in [7, 11) is -4.20. The Morgan fingerprint density at radius 2 is 1.57 bits per heavy atom. The standard InChI is InChI=1S/C30H35ClFN3O4S/c1-6-22(4)33-30(37)23(5)34(18-24-8-12-26(32)13-9-24)29(36)19-35(27-14-7-20(2)21(3)17-27)40(38,39)28-15-10-25(31)11-16-28/h7-17,22-23H,6,18-19H2,1-5H3,(H,33,37). The fourth-order valence-corrected chi connectivity index (χ4v) is 5.51. The van der Waals surface area contributed by atoms with Gasteiger partial charge in [-0.25, -0.2) is 12.8 Å². The Hall–Kier alpha value is -3.43. The highest BCUT2D eigenvalue weighted by molar-refractivity contribution is 7.92. The summed E-state index contributed by atoms with van der Waals surface area (Å²) in [6.45, 7) is 8.57. The summed E-state index contributed by atoms with van der Waals surface area (Å²) < 4.78 is 42.4. The van der Waals surface area contributed by atoms with Gasteiger partial charge in [0, 0.05) is 17.6 Å². The molecule has 1 N–H and O–H groups in total. The van der Waals surface area contributed by atoms with E-state index in [1.54, 1.807) is 25.1 Å². The molecule has 0 aliphatic carbocycles. The van der Waals surface area contributed by atoms with Crippen LogP contribution < -0.4 is 9.62 Å². The average Bonchev–Trinajstić information content (AvgIpc) is 2.92. The molecule has 7 nitrogen and oxygen atoms in total. The van der Waals surface area contributed by atoms with Gasteiger partial charge < -0.3 is 10.2 Å². The zero-order valence-electron chi connectivity index (χ0n) is 23.3. The van der Waals surface area contributed by atoms with Crippen molar-refractivity contribution >= 4 is 39.1 Å². The van der Waals surface area contributed by atoms with Crippen molar-refractivity contribution in [3.8, 4) is 0 Å². The minimum absolute atomic E-state index is 0.0179. The molecule has 0 bridgehead atoms. The van der Waals surface area contributed by atoms with Crippen LogP contribution in [0.5, 0.6) is 0 Å². The van der Waals surface area contributed by atoms with Crippen LogP contribution in [0.25, 0.3) is 0 Å². The number of aryl methyl sites for hydroxylation is 2. The molecule has 2 unspecified atom stereocenters. The van der Waals surface area contributed by atoms with E-state index in [1.807, 2.05) is 27.7 Å². The average molecular weight is 588 g/mol. The van der Waals surface area contributed by atoms with E-state index in [0.29, 0.717) is 22.7 Å². The first kappa shape index (κ1) is 31.1. The van der Waals surface area contributed by atoms with Crippen LogP contribution >= 0.6 is 11.6 Å². The number of halogens is 2. The molecule has 0 saturated heterocycles. The molecule has 0 aliphatic rings. The van der Waals surface area contributed by atoms with Gasteiger partial charge in [-0.15, -0.1) is 0 Å². The van der Waals surface area contributed by atoms with Crippen molar-refractivity contribution in [3.05, 3.63) is 94.3 Å². The first-order valence-corrected chi connectivity index (χ1v) is 14.8. The molecule has 3 aromatic carbocycles. The molecule has 214 valence electrons. The smallest absolute Gasteiger partial charge is 0.264 e. The number of nitrogens with zero attached hydrogens (tertiary/aromatic N) is 2. The van der Waals surface area contributed by atoms with Gasteiger partial charge in [0.25, 0.3) is 10.0 Å². The molecule has 0 saturated carbocycles. The van der Waals surface area contributed by atoms with E-state index in [4.69, 9.17) is 11.6 Å². The topological polar surface area (TPSA) is 86.8 Å². The molecule has 0 heterocycles. The second kappa shape index (κ2) is 13.3. The van der Waals surface area contributed by atoms with Gasteiger partial charge in [0.05, 0.1) is 10.6 Å². The lowest BCUT2D eigenvalue weighted by atomic mass is 10.1. The summed E-state index contributed by atoms with van der Waals surface area (Å²) in [5, 5.41) is 3.26. The van der Waals surface area contributed by atoms with Crippen LogP contribution in [0.4, 0.5) is 10.1 Å². The number of nitrogens with one attached hydrogen (secondary N) is 1. The van der Waals surface area contributed by atoms with Crippen molar-refractivity contribution in [2.24, 2.45) is 0 Å². The number of carbonyl (C=O) groups is 2. The van der Waals surface area contributed by atoms with E-state index in [2.05, 4.69) is 5.32 Å². The highest BCUT2D eigenvalue weighted by atomic mass is 35.5. The molecular formula is C30H35ClFN3O4S. The predicted molar refractivity (Wildman–Crippen MR) is 156 cm³/mol. The lowest BCUT2D eigenvalue weighted by Crippen LogP contribution is -2.52. The molecule has 3 aromatic rings. The monoisotopic (exact) mass is 587 g/mol. The van der Waals surface area contributed by atoms with Crippen molar-refractivity contribution < 1.29 is 22.4 Å². The Bertz CT molecular complexity index is 1450. The van der Waals surface area contributed by atoms with E-state index in [1.165, 1.54) is 53.4 Å². The number of carbonyl (C=O) groups excluding carboxylic acids is 2. The van der Waals surface area contributed by atoms with Crippen molar-refractivity contribution in [1.82, 2.24) is 10.2 Å². The summed E-state index contributed by atoms with van der Waals surface area (Å²) in [6.07, 6.45) is 0.699. The number of anilines is 1. The summed E-state index contributed by atoms with van der Waals surface area (Å²) in [6, 6.07) is 15.4. The van der Waals surface area contributed by atoms with Crippen molar-refractivity contribution in [2.45, 2.75) is 64.6 Å². The SMILES string of the molecule is CCC(C)NC(=O)C(C)N(Cc1ccc(F)cc1)C(=O)CN(c1ccc(C)c(C)c1)S(=O)(=O)c1ccc(Cl)cc1. The number of hydrogen-bond acceptors (Lipinski definition) is 4. The minimum Gasteiger partial charge on any atom is -0.352 e. The fraction of sp³-hybridized carbons (Fsp3) is 0.333. The molecule has 0 spiro atoms. The third-order valence-electron chi connectivity index (χ3n) is 6.89. The zero-order valence-corrected chi connectivity index (χ0v) is 24.9. The van der Waals surface area contributed by atoms with E-state index >= 15 is 0 Å². The summed E-state index contributed by atoms with van der Waals surface area (Å²) >= 11 is 5.99. The normalized spacial score (nSPS) is 12.9. The Balaban J connectivity index is 2.04. The van der Waals surface area contributed by atoms with Gasteiger partial charge in [-0.2, -0.15) is 0 Å². The molecule has 0 aliphatic heterocycles. The number of benzene rings is 3. The molecule has 2 atom stereocenters. The van der Waals surface area contributed by atoms with Gasteiger partial charge in [0.1, 0.15) is 18.4 Å². The molecular weight excluding hydrogens is 553 g/mol. The number of amides is 2. The molecule has 0 radical (unpaired) electrons. The molecule has 0 fully saturated rings. The second-order valence-electron chi connectivity index (χ2n) is 9.88. The van der Waals surface area contributed by atoms with Gasteiger partial charge in [0.2, 0.25) is 11.8 Å². The quantitative estimate of drug-likeness (QED) is 0.315. The van der Waals surface area contributed by atoms with Gasteiger partial charge in [0.15, 0.2) is 0 Å². The largest absolute Gasteiger partial charge is 0.352 e. The van der Waals surface area contributed by atoms with Crippen LogP contribution in [-0.4, -0.2) is 43.8 Å². The molecule has 2 amide bonds. The Morgan fingerprint density at radius 3 is 2.15 bits per heavy atom. The highest BCUT2D eigenvalue weighted by Gasteiger charge is 2.33. The molecule has 40 heavy (non-hydrogen) atoms. The van der Waals surface area contributed by atoms with Crippen molar-refractivity contribution in [1.29, 1.82) is 0 Å². The van der Waals surface area contributed by atoms with E-state index in [-0.39, 0.29) is 23.4 Å². The summed E-state index contributed by atoms with van der Waals surface area (Å²) in [5.74, 6) is -1.39. The Kier molecular flexibility index (Phi) is 10.3. The predicted octanol–water partition coefficient (Wildman–Crippen LogP) is 5.62. The first-order valence-electron chi connectivity index (χ1n) is 13.0. The Morgan fingerprint density at radius 1 is 0.950 bits per heavy atom. The van der Waals surface area contributed by atoms with Crippen molar-refractivity contribution in [3.63, 3.8) is 0 Å². The summed E-state index contributed by atoms with van der Waals surface area (Å²) in [4.78, 5) is 28.3. The van der Waals surface area contributed by atoms with E-state index in [0.717, 1.165) is 15.4 Å². The molecule has 10 heteroatoms. The van der Waals surface area contributed by atoms with E-state index < -0.39 is 34.3 Å². The third kappa shape index (κ3) is 7.61. The van der Waals surface area contributed by atoms with Crippen LogP contribution in [0.3, 0.4) is 0 Å². The van der Waals surface area contributed by atoms with Crippen LogP contribution in [0.15, 0.2) is 71.6 Å². The Labute approximate surface area is 241 Å². The maximum atomic E-state index is 13.9. The zero-order chi connectivity index (χ0) is 29.6. The van der Waals surface area contributed by atoms with Crippen molar-refractivity contribution in [2.75, 3.05) is 10.8 Å². The maximum absolute atomic E-state index is 13.9. The molecule has 0 aromatic heterocycles. The van der Waals surface area contributed by atoms with E-state index in [9.17, 15) is 22.4 Å². The number of rotatable bonds is 11. The lowest BCUT2D eigenvalue weighted by Gasteiger charge is -2.32. The third-order valence-corrected chi connectivity index (χ3v) is 8.93. The van der Waals surface area contributed by atoms with Gasteiger partial charge in [-0.05, 0) is 99.3 Å². The van der Waals surface area contributed by atoms with Gasteiger partial charge in [-0.1, -0.05) is 36.7 Å². The number of sulfonamides is 1. The summed E-state index contributed by atoms with van der Waals surface area (Å²) in [5.41, 5.74) is 2.72. The number of hydrogen-bond donors (Lipinski definition) is 1. The second-order valence-corrected chi connectivity index (χ2v) is 12.2. The van der Waals surface area contributed by atoms with Crippen LogP contribution in [0.2, 0.25) is 5.02 Å². The van der Waals surface area contributed by atoms with Gasteiger partial charge in [-0.3, -0.25) is 13.9 Å². The maximum Gasteiger partial charge on any atom is 0.264 e. The van der Waals surface area contributed by atoms with Crippen LogP contribution in [0, 0.1) is 19.7 Å². The fourth-order valence-electron chi connectivity index (χ4n) is 3.98. The first-order chi connectivity index (χ1) is 18.8. The minimum atomic E-state index is -4.20.